The van der Waals surface area contributed by atoms with Gasteiger partial charge in [-0.2, -0.15) is 5.10 Å². The van der Waals surface area contributed by atoms with Crippen LogP contribution in [0.1, 0.15) is 22.5 Å². The summed E-state index contributed by atoms with van der Waals surface area (Å²) in [6.45, 7) is 6.60. The first-order valence-corrected chi connectivity index (χ1v) is 6.60. The lowest BCUT2D eigenvalue weighted by atomic mass is 10.2. The fourth-order valence-electron chi connectivity index (χ4n) is 2.05. The van der Waals surface area contributed by atoms with E-state index in [9.17, 15) is 4.79 Å². The van der Waals surface area contributed by atoms with Crippen LogP contribution >= 0.6 is 0 Å². The molecule has 1 aromatic heterocycles. The van der Waals surface area contributed by atoms with Gasteiger partial charge in [-0.3, -0.25) is 9.48 Å². The molecule has 0 aliphatic rings. The number of carbonyl (C=O) groups is 1. The Bertz CT molecular complexity index is 631. The monoisotopic (exact) mass is 272 g/mol. The van der Waals surface area contributed by atoms with E-state index < -0.39 is 0 Å². The highest BCUT2D eigenvalue weighted by Crippen LogP contribution is 2.12. The highest BCUT2D eigenvalue weighted by Gasteiger charge is 2.10. The van der Waals surface area contributed by atoms with Gasteiger partial charge in [0.2, 0.25) is 5.91 Å². The number of amides is 1. The van der Waals surface area contributed by atoms with E-state index in [2.05, 4.69) is 10.4 Å². The number of rotatable bonds is 4. The molecule has 20 heavy (non-hydrogen) atoms. The Labute approximate surface area is 118 Å². The van der Waals surface area contributed by atoms with Gasteiger partial charge in [-0.15, -0.1) is 0 Å². The molecule has 0 radical (unpaired) electrons. The number of benzene rings is 1. The Balaban J connectivity index is 2.07. The van der Waals surface area contributed by atoms with Crippen molar-refractivity contribution in [3.8, 4) is 0 Å². The van der Waals surface area contributed by atoms with Crippen molar-refractivity contribution in [2.75, 3.05) is 5.32 Å². The summed E-state index contributed by atoms with van der Waals surface area (Å²) in [6.07, 6.45) is 0. The van der Waals surface area contributed by atoms with Gasteiger partial charge in [-0.05, 0) is 44.0 Å². The average molecular weight is 272 g/mol. The molecule has 1 heterocycles. The Morgan fingerprint density at radius 3 is 2.70 bits per heavy atom. The zero-order valence-corrected chi connectivity index (χ0v) is 12.1. The molecule has 3 N–H and O–H groups in total. The highest BCUT2D eigenvalue weighted by molar-refractivity contribution is 5.90. The zero-order chi connectivity index (χ0) is 14.7. The number of hydrogen-bond acceptors (Lipinski definition) is 3. The maximum absolute atomic E-state index is 12.1. The molecule has 1 amide bonds. The minimum absolute atomic E-state index is 0.0928. The van der Waals surface area contributed by atoms with Gasteiger partial charge in [0.1, 0.15) is 6.54 Å². The fraction of sp³-hybridized carbons (Fsp3) is 0.333. The van der Waals surface area contributed by atoms with Gasteiger partial charge in [0.05, 0.1) is 5.69 Å². The van der Waals surface area contributed by atoms with Crippen molar-refractivity contribution >= 4 is 11.6 Å². The number of nitrogens with two attached hydrogens (primary N) is 1. The van der Waals surface area contributed by atoms with Crippen molar-refractivity contribution in [2.45, 2.75) is 33.9 Å². The number of nitrogens with zero attached hydrogens (tertiary/aromatic N) is 2. The van der Waals surface area contributed by atoms with Crippen molar-refractivity contribution in [2.24, 2.45) is 5.73 Å². The summed E-state index contributed by atoms with van der Waals surface area (Å²) in [4.78, 5) is 12.1. The standard InChI is InChI=1S/C15H20N4O/c1-10-11(2)18-19(12(10)3)9-15(20)17-14-6-4-5-13(7-14)8-16/h4-7H,8-9,16H2,1-3H3,(H,17,20). The van der Waals surface area contributed by atoms with Crippen molar-refractivity contribution in [3.63, 3.8) is 0 Å². The molecule has 2 aromatic rings. The van der Waals surface area contributed by atoms with Crippen LogP contribution in [0.3, 0.4) is 0 Å². The summed E-state index contributed by atoms with van der Waals surface area (Å²) >= 11 is 0. The van der Waals surface area contributed by atoms with Crippen LogP contribution in [0.2, 0.25) is 0 Å². The summed E-state index contributed by atoms with van der Waals surface area (Å²) in [6, 6.07) is 7.54. The normalized spacial score (nSPS) is 10.6. The first kappa shape index (κ1) is 14.3. The Morgan fingerprint density at radius 1 is 1.35 bits per heavy atom. The molecule has 5 heteroatoms. The number of nitrogens with one attached hydrogen (secondary N) is 1. The van der Waals surface area contributed by atoms with Crippen molar-refractivity contribution in [1.82, 2.24) is 9.78 Å². The van der Waals surface area contributed by atoms with Gasteiger partial charge in [0.25, 0.3) is 0 Å². The second-order valence-corrected chi connectivity index (χ2v) is 4.91. The SMILES string of the molecule is Cc1nn(CC(=O)Nc2cccc(CN)c2)c(C)c1C. The predicted molar refractivity (Wildman–Crippen MR) is 79.4 cm³/mol. The smallest absolute Gasteiger partial charge is 0.246 e. The lowest BCUT2D eigenvalue weighted by molar-refractivity contribution is -0.116. The third-order valence-electron chi connectivity index (χ3n) is 3.48. The van der Waals surface area contributed by atoms with Gasteiger partial charge in [-0.25, -0.2) is 0 Å². The van der Waals surface area contributed by atoms with Crippen molar-refractivity contribution in [3.05, 3.63) is 46.8 Å². The molecule has 0 saturated carbocycles. The van der Waals surface area contributed by atoms with Crippen LogP contribution in [0, 0.1) is 20.8 Å². The number of hydrogen-bond donors (Lipinski definition) is 2. The van der Waals surface area contributed by atoms with Crippen molar-refractivity contribution in [1.29, 1.82) is 0 Å². The quantitative estimate of drug-likeness (QED) is 0.893. The van der Waals surface area contributed by atoms with E-state index in [-0.39, 0.29) is 12.5 Å². The summed E-state index contributed by atoms with van der Waals surface area (Å²) in [7, 11) is 0. The largest absolute Gasteiger partial charge is 0.326 e. The molecule has 2 rings (SSSR count). The maximum atomic E-state index is 12.1. The van der Waals surface area contributed by atoms with Gasteiger partial charge < -0.3 is 11.1 Å². The van der Waals surface area contributed by atoms with Crippen LogP contribution < -0.4 is 11.1 Å². The minimum Gasteiger partial charge on any atom is -0.326 e. The van der Waals surface area contributed by atoms with E-state index in [1.807, 2.05) is 45.0 Å². The van der Waals surface area contributed by atoms with E-state index >= 15 is 0 Å². The van der Waals surface area contributed by atoms with E-state index in [4.69, 9.17) is 5.73 Å². The molecule has 0 saturated heterocycles. The van der Waals surface area contributed by atoms with Crippen LogP contribution in [-0.4, -0.2) is 15.7 Å². The summed E-state index contributed by atoms with van der Waals surface area (Å²) in [5.74, 6) is -0.0928. The lowest BCUT2D eigenvalue weighted by Crippen LogP contribution is -2.20. The number of anilines is 1. The molecule has 5 nitrogen and oxygen atoms in total. The summed E-state index contributed by atoms with van der Waals surface area (Å²) in [5.41, 5.74) is 10.4. The van der Waals surface area contributed by atoms with Crippen LogP contribution in [0.5, 0.6) is 0 Å². The zero-order valence-electron chi connectivity index (χ0n) is 12.1. The van der Waals surface area contributed by atoms with Gasteiger partial charge in [-0.1, -0.05) is 12.1 Å². The molecule has 0 spiro atoms. The molecule has 0 fully saturated rings. The Kier molecular flexibility index (Phi) is 4.20. The first-order valence-electron chi connectivity index (χ1n) is 6.60. The highest BCUT2D eigenvalue weighted by atomic mass is 16.2. The van der Waals surface area contributed by atoms with Crippen LogP contribution in [0.4, 0.5) is 5.69 Å². The molecule has 0 aliphatic heterocycles. The fourth-order valence-corrected chi connectivity index (χ4v) is 2.05. The van der Waals surface area contributed by atoms with Crippen LogP contribution in [0.25, 0.3) is 0 Å². The topological polar surface area (TPSA) is 72.9 Å². The Morgan fingerprint density at radius 2 is 2.10 bits per heavy atom. The lowest BCUT2D eigenvalue weighted by Gasteiger charge is -2.08. The van der Waals surface area contributed by atoms with E-state index in [0.29, 0.717) is 6.54 Å². The van der Waals surface area contributed by atoms with Crippen LogP contribution in [0.15, 0.2) is 24.3 Å². The molecular weight excluding hydrogens is 252 g/mol. The summed E-state index contributed by atoms with van der Waals surface area (Å²) in [5, 5.41) is 7.23. The molecular formula is C15H20N4O. The third-order valence-corrected chi connectivity index (χ3v) is 3.48. The van der Waals surface area contributed by atoms with E-state index in [0.717, 1.165) is 28.2 Å². The molecule has 1 aromatic carbocycles. The minimum atomic E-state index is -0.0928. The van der Waals surface area contributed by atoms with Gasteiger partial charge in [0, 0.05) is 17.9 Å². The van der Waals surface area contributed by atoms with Gasteiger partial charge >= 0.3 is 0 Å². The second kappa shape index (κ2) is 5.88. The molecule has 0 atom stereocenters. The molecule has 0 bridgehead atoms. The third kappa shape index (κ3) is 3.05. The van der Waals surface area contributed by atoms with Gasteiger partial charge in [0.15, 0.2) is 0 Å². The van der Waals surface area contributed by atoms with E-state index in [1.54, 1.807) is 4.68 Å². The Hall–Kier alpha value is -2.14. The second-order valence-electron chi connectivity index (χ2n) is 4.91. The molecule has 106 valence electrons. The molecule has 0 unspecified atom stereocenters. The first-order chi connectivity index (χ1) is 9.51. The van der Waals surface area contributed by atoms with Crippen molar-refractivity contribution < 1.29 is 4.79 Å². The number of carbonyl (C=O) groups excluding carboxylic acids is 1. The average Bonchev–Trinajstić information content (AvgIpc) is 2.66. The maximum Gasteiger partial charge on any atom is 0.246 e. The molecule has 0 aliphatic carbocycles. The predicted octanol–water partition coefficient (Wildman–Crippen LogP) is 1.91. The number of aryl methyl sites for hydroxylation is 1. The summed E-state index contributed by atoms with van der Waals surface area (Å²) < 4.78 is 1.73. The number of aromatic nitrogens is 2. The van der Waals surface area contributed by atoms with Crippen LogP contribution in [-0.2, 0) is 17.9 Å². The van der Waals surface area contributed by atoms with E-state index in [1.165, 1.54) is 0 Å².